The number of anilines is 1. The second-order valence-corrected chi connectivity index (χ2v) is 12.5. The molecule has 3 rings (SSSR count). The number of amides is 2. The molecule has 11 heteroatoms. The molecule has 39 heavy (non-hydrogen) atoms. The summed E-state index contributed by atoms with van der Waals surface area (Å²) in [6, 6.07) is 18.0. The van der Waals surface area contributed by atoms with Gasteiger partial charge in [-0.2, -0.15) is 0 Å². The Morgan fingerprint density at radius 3 is 2.08 bits per heavy atom. The number of halogens is 3. The molecule has 0 bridgehead atoms. The van der Waals surface area contributed by atoms with Crippen molar-refractivity contribution in [1.29, 1.82) is 0 Å². The van der Waals surface area contributed by atoms with Crippen LogP contribution in [-0.4, -0.2) is 44.3 Å². The highest BCUT2D eigenvalue weighted by Crippen LogP contribution is 2.29. The quantitative estimate of drug-likeness (QED) is 0.287. The zero-order valence-corrected chi connectivity index (χ0v) is 24.9. The van der Waals surface area contributed by atoms with E-state index in [-0.39, 0.29) is 29.0 Å². The second kappa shape index (κ2) is 13.5. The zero-order valence-electron chi connectivity index (χ0n) is 21.8. The minimum atomic E-state index is -4.18. The molecule has 0 spiro atoms. The standard InChI is InChI=1S/C28H30Cl3N3O4S/c1-19(2)16-32-28(36)20(3)33(17-24-25(30)13-8-14-26(24)31)27(35)18-34(22-10-7-9-21(29)15-22)39(37,38)23-11-5-4-6-12-23/h4-15,19-20H,16-18H2,1-3H3,(H,32,36). The molecule has 0 saturated heterocycles. The van der Waals surface area contributed by atoms with Crippen molar-refractivity contribution in [2.45, 2.75) is 38.3 Å². The molecule has 0 aliphatic carbocycles. The lowest BCUT2D eigenvalue weighted by atomic mass is 10.1. The molecule has 3 aromatic rings. The van der Waals surface area contributed by atoms with Crippen LogP contribution in [0.3, 0.4) is 0 Å². The van der Waals surface area contributed by atoms with E-state index in [2.05, 4.69) is 5.32 Å². The van der Waals surface area contributed by atoms with E-state index in [4.69, 9.17) is 34.8 Å². The van der Waals surface area contributed by atoms with E-state index in [9.17, 15) is 18.0 Å². The molecule has 0 aliphatic heterocycles. The van der Waals surface area contributed by atoms with E-state index in [1.165, 1.54) is 23.1 Å². The Morgan fingerprint density at radius 2 is 1.49 bits per heavy atom. The summed E-state index contributed by atoms with van der Waals surface area (Å²) in [5.74, 6) is -0.823. The summed E-state index contributed by atoms with van der Waals surface area (Å²) in [5, 5.41) is 3.77. The highest BCUT2D eigenvalue weighted by Gasteiger charge is 2.33. The fourth-order valence-corrected chi connectivity index (χ4v) is 5.90. The molecule has 0 saturated carbocycles. The first-order chi connectivity index (χ1) is 18.4. The van der Waals surface area contributed by atoms with Crippen molar-refractivity contribution in [3.05, 3.63) is 93.4 Å². The molecule has 208 valence electrons. The number of hydrogen-bond donors (Lipinski definition) is 1. The number of carbonyl (C=O) groups excluding carboxylic acids is 2. The normalized spacial score (nSPS) is 12.2. The SMILES string of the molecule is CC(C)CNC(=O)C(C)N(Cc1c(Cl)cccc1Cl)C(=O)CN(c1cccc(Cl)c1)S(=O)(=O)c1ccccc1. The molecule has 0 aromatic heterocycles. The molecular formula is C28H30Cl3N3O4S. The van der Waals surface area contributed by atoms with Crippen LogP contribution in [0.2, 0.25) is 15.1 Å². The summed E-state index contributed by atoms with van der Waals surface area (Å²) >= 11 is 19.0. The van der Waals surface area contributed by atoms with E-state index in [0.717, 1.165) is 4.31 Å². The Bertz CT molecular complexity index is 1400. The van der Waals surface area contributed by atoms with Crippen LogP contribution >= 0.6 is 34.8 Å². The average Bonchev–Trinajstić information content (AvgIpc) is 2.90. The summed E-state index contributed by atoms with van der Waals surface area (Å²) in [7, 11) is -4.18. The Kier molecular flexibility index (Phi) is 10.7. The van der Waals surface area contributed by atoms with Crippen LogP contribution < -0.4 is 9.62 Å². The monoisotopic (exact) mass is 609 g/mol. The first-order valence-corrected chi connectivity index (χ1v) is 14.8. The largest absolute Gasteiger partial charge is 0.354 e. The molecule has 0 fully saturated rings. The molecule has 0 aliphatic rings. The van der Waals surface area contributed by atoms with Crippen LogP contribution in [0.4, 0.5) is 5.69 Å². The number of hydrogen-bond acceptors (Lipinski definition) is 4. The fraction of sp³-hybridized carbons (Fsp3) is 0.286. The summed E-state index contributed by atoms with van der Waals surface area (Å²) in [4.78, 5) is 28.3. The third-order valence-electron chi connectivity index (χ3n) is 5.95. The third-order valence-corrected chi connectivity index (χ3v) is 8.68. The molecule has 2 amide bonds. The zero-order chi connectivity index (χ0) is 28.7. The highest BCUT2D eigenvalue weighted by atomic mass is 35.5. The molecule has 3 aromatic carbocycles. The molecule has 1 unspecified atom stereocenters. The lowest BCUT2D eigenvalue weighted by Crippen LogP contribution is -2.51. The predicted octanol–water partition coefficient (Wildman–Crippen LogP) is 6.03. The third kappa shape index (κ3) is 7.88. The summed E-state index contributed by atoms with van der Waals surface area (Å²) in [6.07, 6.45) is 0. The molecule has 0 radical (unpaired) electrons. The molecular weight excluding hydrogens is 581 g/mol. The van der Waals surface area contributed by atoms with Gasteiger partial charge in [-0.25, -0.2) is 8.42 Å². The lowest BCUT2D eigenvalue weighted by molar-refractivity contribution is -0.139. The van der Waals surface area contributed by atoms with Crippen LogP contribution in [0.5, 0.6) is 0 Å². The Balaban J connectivity index is 2.04. The maximum atomic E-state index is 13.9. The minimum absolute atomic E-state index is 0.00111. The molecule has 1 N–H and O–H groups in total. The highest BCUT2D eigenvalue weighted by molar-refractivity contribution is 7.92. The van der Waals surface area contributed by atoms with Crippen LogP contribution in [0.25, 0.3) is 0 Å². The number of nitrogens with one attached hydrogen (secondary N) is 1. The van der Waals surface area contributed by atoms with Crippen molar-refractivity contribution < 1.29 is 18.0 Å². The number of benzene rings is 3. The number of nitrogens with zero attached hydrogens (tertiary/aromatic N) is 2. The van der Waals surface area contributed by atoms with Crippen molar-refractivity contribution in [3.8, 4) is 0 Å². The Labute approximate surface area is 244 Å². The number of sulfonamides is 1. The van der Waals surface area contributed by atoms with Crippen LogP contribution in [-0.2, 0) is 26.2 Å². The van der Waals surface area contributed by atoms with E-state index < -0.39 is 28.5 Å². The minimum Gasteiger partial charge on any atom is -0.354 e. The van der Waals surface area contributed by atoms with Crippen molar-refractivity contribution >= 4 is 62.3 Å². The average molecular weight is 611 g/mol. The Morgan fingerprint density at radius 1 is 0.872 bits per heavy atom. The maximum Gasteiger partial charge on any atom is 0.264 e. The molecule has 0 heterocycles. The van der Waals surface area contributed by atoms with Gasteiger partial charge in [-0.05, 0) is 55.3 Å². The van der Waals surface area contributed by atoms with Gasteiger partial charge >= 0.3 is 0 Å². The van der Waals surface area contributed by atoms with E-state index in [1.807, 2.05) is 13.8 Å². The van der Waals surface area contributed by atoms with E-state index in [0.29, 0.717) is 27.2 Å². The summed E-state index contributed by atoms with van der Waals surface area (Å²) in [6.45, 7) is 5.19. The molecule has 7 nitrogen and oxygen atoms in total. The van der Waals surface area contributed by atoms with Gasteiger partial charge in [0.25, 0.3) is 10.0 Å². The first-order valence-electron chi connectivity index (χ1n) is 12.2. The number of carbonyl (C=O) groups is 2. The van der Waals surface area contributed by atoms with Crippen molar-refractivity contribution in [1.82, 2.24) is 10.2 Å². The predicted molar refractivity (Wildman–Crippen MR) is 157 cm³/mol. The van der Waals surface area contributed by atoms with Gasteiger partial charge in [0.15, 0.2) is 0 Å². The van der Waals surface area contributed by atoms with E-state index >= 15 is 0 Å². The van der Waals surface area contributed by atoms with Gasteiger partial charge in [0.2, 0.25) is 11.8 Å². The van der Waals surface area contributed by atoms with Crippen molar-refractivity contribution in [2.24, 2.45) is 5.92 Å². The maximum absolute atomic E-state index is 13.9. The van der Waals surface area contributed by atoms with Crippen LogP contribution in [0.1, 0.15) is 26.3 Å². The van der Waals surface area contributed by atoms with Gasteiger partial charge in [-0.15, -0.1) is 0 Å². The summed E-state index contributed by atoms with van der Waals surface area (Å²) in [5.41, 5.74) is 0.644. The fourth-order valence-electron chi connectivity index (χ4n) is 3.77. The smallest absolute Gasteiger partial charge is 0.264 e. The second-order valence-electron chi connectivity index (χ2n) is 9.34. The van der Waals surface area contributed by atoms with Gasteiger partial charge in [0.1, 0.15) is 12.6 Å². The van der Waals surface area contributed by atoms with Crippen molar-refractivity contribution in [2.75, 3.05) is 17.4 Å². The summed E-state index contributed by atoms with van der Waals surface area (Å²) < 4.78 is 28.5. The first kappa shape index (κ1) is 30.8. The lowest BCUT2D eigenvalue weighted by Gasteiger charge is -2.32. The van der Waals surface area contributed by atoms with Gasteiger partial charge in [-0.1, -0.05) is 79.0 Å². The number of rotatable bonds is 11. The Hall–Kier alpha value is -2.78. The van der Waals surface area contributed by atoms with Crippen molar-refractivity contribution in [3.63, 3.8) is 0 Å². The van der Waals surface area contributed by atoms with E-state index in [1.54, 1.807) is 61.5 Å². The van der Waals surface area contributed by atoms with Gasteiger partial charge < -0.3 is 10.2 Å². The van der Waals surface area contributed by atoms with Crippen LogP contribution in [0, 0.1) is 5.92 Å². The van der Waals surface area contributed by atoms with Crippen LogP contribution in [0.15, 0.2) is 77.7 Å². The van der Waals surface area contributed by atoms with Gasteiger partial charge in [0, 0.05) is 33.7 Å². The topological polar surface area (TPSA) is 86.8 Å². The molecule has 1 atom stereocenters. The van der Waals surface area contributed by atoms with Gasteiger partial charge in [0.05, 0.1) is 10.6 Å². The van der Waals surface area contributed by atoms with Gasteiger partial charge in [-0.3, -0.25) is 13.9 Å².